The average molecular weight is 1050 g/mol. The van der Waals surface area contributed by atoms with E-state index in [-0.39, 0.29) is 63.9 Å². The predicted octanol–water partition coefficient (Wildman–Crippen LogP) is 12.4. The van der Waals surface area contributed by atoms with Gasteiger partial charge in [-0.05, 0) is 104 Å². The molecule has 2 amide bonds. The lowest BCUT2D eigenvalue weighted by Gasteiger charge is -2.59. The number of amides is 2. The quantitative estimate of drug-likeness (QED) is 0.0328. The van der Waals surface area contributed by atoms with Crippen molar-refractivity contribution in [1.82, 2.24) is 10.2 Å². The molecule has 2 fully saturated rings. The van der Waals surface area contributed by atoms with Crippen LogP contribution in [0.2, 0.25) is 0 Å². The molecule has 5 aliphatic rings. The molecule has 7 atom stereocenters. The zero-order chi connectivity index (χ0) is 53.0. The van der Waals surface area contributed by atoms with Crippen molar-refractivity contribution < 1.29 is 57.8 Å². The smallest absolute Gasteiger partial charge is 0.412 e. The van der Waals surface area contributed by atoms with Crippen LogP contribution in [0.15, 0.2) is 96.2 Å². The van der Waals surface area contributed by atoms with Gasteiger partial charge in [-0.3, -0.25) is 4.90 Å². The monoisotopic (exact) mass is 1050 g/mol. The molecule has 0 spiro atoms. The van der Waals surface area contributed by atoms with Crippen molar-refractivity contribution in [2.24, 2.45) is 22.9 Å². The summed E-state index contributed by atoms with van der Waals surface area (Å²) >= 11 is 0. The Balaban J connectivity index is 1.21. The van der Waals surface area contributed by atoms with Crippen LogP contribution in [-0.2, 0) is 32.1 Å². The lowest BCUT2D eigenvalue weighted by atomic mass is 9.55. The highest BCUT2D eigenvalue weighted by Gasteiger charge is 2.66. The van der Waals surface area contributed by atoms with Gasteiger partial charge in [-0.25, -0.2) is 9.59 Å². The number of oxime groups is 1. The Bertz CT molecular complexity index is 2370. The molecule has 0 aromatic heterocycles. The molecule has 3 aromatic rings. The van der Waals surface area contributed by atoms with Gasteiger partial charge in [-0.2, -0.15) is 0 Å². The van der Waals surface area contributed by atoms with E-state index in [2.05, 4.69) is 24.9 Å². The Labute approximate surface area is 450 Å². The number of aliphatic hydroxyl groups excluding tert-OH is 2. The molecule has 3 aliphatic heterocycles. The molecular weight excluding hydrogens is 967 g/mol. The third-order valence-corrected chi connectivity index (χ3v) is 15.7. The van der Waals surface area contributed by atoms with Crippen molar-refractivity contribution in [2.45, 2.75) is 172 Å². The van der Waals surface area contributed by atoms with Crippen molar-refractivity contribution >= 4 is 17.9 Å². The molecule has 1 saturated heterocycles. The van der Waals surface area contributed by atoms with Gasteiger partial charge in [0, 0.05) is 50.6 Å². The van der Waals surface area contributed by atoms with Gasteiger partial charge < -0.3 is 53.5 Å². The number of unbranched alkanes of at least 4 members (excludes halogenated alkanes) is 11. The fourth-order valence-corrected chi connectivity index (χ4v) is 11.9. The maximum atomic E-state index is 15.3. The third kappa shape index (κ3) is 14.7. The Kier molecular flexibility index (Phi) is 21.8. The fourth-order valence-electron chi connectivity index (χ4n) is 11.9. The molecular formula is C61H83N3O12. The molecule has 8 rings (SSSR count). The summed E-state index contributed by atoms with van der Waals surface area (Å²) in [5, 5.41) is 28.1. The summed E-state index contributed by atoms with van der Waals surface area (Å²) in [7, 11) is 0. The Morgan fingerprint density at radius 2 is 1.59 bits per heavy atom. The molecule has 3 heterocycles. The maximum absolute atomic E-state index is 15.3. The first-order valence-electron chi connectivity index (χ1n) is 28.5. The van der Waals surface area contributed by atoms with Crippen LogP contribution in [0, 0.1) is 17.8 Å². The summed E-state index contributed by atoms with van der Waals surface area (Å²) in [4.78, 5) is 36.9. The number of allylic oxidation sites excluding steroid dienone is 1. The second kappa shape index (κ2) is 29.2. The zero-order valence-electron chi connectivity index (χ0n) is 44.8. The van der Waals surface area contributed by atoms with E-state index in [0.717, 1.165) is 86.5 Å². The molecule has 15 nitrogen and oxygen atoms in total. The largest absolute Gasteiger partial charge is 0.459 e. The maximum Gasteiger partial charge on any atom is 0.412 e. The molecule has 3 aromatic carbocycles. The minimum atomic E-state index is -1.55. The number of benzene rings is 3. The van der Waals surface area contributed by atoms with Gasteiger partial charge in [0.2, 0.25) is 18.9 Å². The summed E-state index contributed by atoms with van der Waals surface area (Å²) in [6.07, 6.45) is 20.9. The van der Waals surface area contributed by atoms with Gasteiger partial charge in [-0.15, -0.1) is 6.58 Å². The number of nitrogens with one attached hydrogen (secondary N) is 1. The molecule has 15 heteroatoms. The van der Waals surface area contributed by atoms with E-state index < -0.39 is 36.2 Å². The second-order valence-electron chi connectivity index (χ2n) is 21.0. The average Bonchev–Trinajstić information content (AvgIpc) is 3.95. The number of fused-ring (bicyclic) bond motifs is 3. The first-order valence-corrected chi connectivity index (χ1v) is 28.5. The number of carbonyl (C=O) groups excluding carboxylic acids is 2. The van der Waals surface area contributed by atoms with Crippen molar-refractivity contribution in [2.75, 3.05) is 39.8 Å². The van der Waals surface area contributed by atoms with Crippen LogP contribution in [-0.4, -0.2) is 91.0 Å². The molecule has 1 unspecified atom stereocenters. The fraction of sp³-hybridized carbons (Fsp3) is 0.590. The van der Waals surface area contributed by atoms with Gasteiger partial charge in [0.05, 0.1) is 31.5 Å². The Hall–Kier alpha value is -5.61. The van der Waals surface area contributed by atoms with E-state index in [9.17, 15) is 15.0 Å². The SMILES string of the molecule is C=CCO[C@@]12Oc3ccc(OC(=O)NCc4ccccc4)cc3[C@H]3[C@H](CCCCO)[C@@H](CCCCO)C=C(C(=NOC4CCCCO4)C[C@@H]1N(Cc1ccc4c(c1)OCO4)C(=O)OCCCCCCCCCCCC)[C@H]32. The number of carbonyl (C=O) groups is 2. The summed E-state index contributed by atoms with van der Waals surface area (Å²) in [6, 6.07) is 20.0. The number of nitrogens with zero attached hydrogens (tertiary/aromatic N) is 2. The summed E-state index contributed by atoms with van der Waals surface area (Å²) in [5.74, 6) is -0.471. The van der Waals surface area contributed by atoms with E-state index in [4.69, 9.17) is 43.2 Å². The van der Waals surface area contributed by atoms with Gasteiger partial charge in [0.25, 0.3) is 0 Å². The third-order valence-electron chi connectivity index (χ3n) is 15.7. The number of ether oxygens (including phenoxy) is 7. The van der Waals surface area contributed by atoms with Crippen LogP contribution < -0.4 is 24.3 Å². The van der Waals surface area contributed by atoms with E-state index in [1.807, 2.05) is 60.7 Å². The van der Waals surface area contributed by atoms with Crippen molar-refractivity contribution in [3.05, 3.63) is 108 Å². The second-order valence-corrected chi connectivity index (χ2v) is 21.0. The Morgan fingerprint density at radius 3 is 2.34 bits per heavy atom. The number of aliphatic hydroxyl groups is 2. The normalized spacial score (nSPS) is 23.6. The van der Waals surface area contributed by atoms with Gasteiger partial charge in [0.1, 0.15) is 17.5 Å². The zero-order valence-corrected chi connectivity index (χ0v) is 44.8. The van der Waals surface area contributed by atoms with Crippen LogP contribution in [0.4, 0.5) is 9.59 Å². The van der Waals surface area contributed by atoms with Gasteiger partial charge in [-0.1, -0.05) is 131 Å². The standard InChI is InChI=1S/C61H83N3O12/c1-3-5-6-7-8-9-10-11-12-21-36-70-60(68)64(42-45-28-30-53-54(37-45)72-43-71-53)55-40-51(63-76-56-27-18-22-35-69-56)49-38-46(25-16-19-32-65)48(26-17-20-33-66)57-50-39-47(74-59(67)62-41-44-23-14-13-15-24-44)29-31-52(50)75-61(55,58(49)57)73-34-4-2/h4,13-15,23-24,28-31,37-39,46,48,55-58,65-66H,2-3,5-12,16-22,25-27,32-36,40-43H2,1H3,(H,62,67)/t46-,48+,55-,56?,57+,58+,61+/m0/s1. The van der Waals surface area contributed by atoms with Crippen molar-refractivity contribution in [1.29, 1.82) is 0 Å². The van der Waals surface area contributed by atoms with Crippen LogP contribution in [0.1, 0.15) is 158 Å². The van der Waals surface area contributed by atoms with Crippen LogP contribution in [0.25, 0.3) is 0 Å². The highest BCUT2D eigenvalue weighted by molar-refractivity contribution is 6.03. The van der Waals surface area contributed by atoms with E-state index in [1.165, 1.54) is 38.5 Å². The van der Waals surface area contributed by atoms with E-state index in [0.29, 0.717) is 61.1 Å². The minimum Gasteiger partial charge on any atom is -0.459 e. The molecule has 0 bridgehead atoms. The van der Waals surface area contributed by atoms with Gasteiger partial charge in [0.15, 0.2) is 11.5 Å². The number of hydrogen-bond acceptors (Lipinski definition) is 13. The van der Waals surface area contributed by atoms with E-state index in [1.54, 1.807) is 17.0 Å². The topological polar surface area (TPSA) is 176 Å². The highest BCUT2D eigenvalue weighted by Crippen LogP contribution is 2.62. The minimum absolute atomic E-state index is 0.00766. The summed E-state index contributed by atoms with van der Waals surface area (Å²) in [6.45, 7) is 7.87. The summed E-state index contributed by atoms with van der Waals surface area (Å²) in [5.41, 5.74) is 4.08. The first-order chi connectivity index (χ1) is 37.3. The van der Waals surface area contributed by atoms with E-state index >= 15 is 4.79 Å². The summed E-state index contributed by atoms with van der Waals surface area (Å²) < 4.78 is 44.7. The molecule has 0 radical (unpaired) electrons. The lowest BCUT2D eigenvalue weighted by molar-refractivity contribution is -0.256. The molecule has 414 valence electrons. The molecule has 3 N–H and O–H groups in total. The lowest BCUT2D eigenvalue weighted by Crippen LogP contribution is -2.70. The Morgan fingerprint density at radius 1 is 0.842 bits per heavy atom. The van der Waals surface area contributed by atoms with Crippen molar-refractivity contribution in [3.8, 4) is 23.0 Å². The number of rotatable bonds is 30. The molecule has 76 heavy (non-hydrogen) atoms. The van der Waals surface area contributed by atoms with Crippen LogP contribution in [0.3, 0.4) is 0 Å². The molecule has 2 aliphatic carbocycles. The van der Waals surface area contributed by atoms with Crippen LogP contribution >= 0.6 is 0 Å². The van der Waals surface area contributed by atoms with Crippen molar-refractivity contribution in [3.63, 3.8) is 0 Å². The number of hydrogen-bond donors (Lipinski definition) is 3. The predicted molar refractivity (Wildman–Crippen MR) is 290 cm³/mol. The first kappa shape index (κ1) is 56.6. The highest BCUT2D eigenvalue weighted by atomic mass is 16.8. The van der Waals surface area contributed by atoms with Gasteiger partial charge >= 0.3 is 12.2 Å². The van der Waals surface area contributed by atoms with Crippen LogP contribution in [0.5, 0.6) is 23.0 Å². The molecule has 1 saturated carbocycles.